The molecule has 0 aliphatic carbocycles. The van der Waals surface area contributed by atoms with Gasteiger partial charge >= 0.3 is 0 Å². The zero-order chi connectivity index (χ0) is 6.57. The summed E-state index contributed by atoms with van der Waals surface area (Å²) in [5, 5.41) is 7.47. The molecule has 0 saturated carbocycles. The molecule has 2 atom stereocenters. The van der Waals surface area contributed by atoms with E-state index < -0.39 is 16.2 Å². The largest absolute Gasteiger partial charge is 0.260 e. The van der Waals surface area contributed by atoms with Crippen LogP contribution in [0.1, 0.15) is 0 Å². The van der Waals surface area contributed by atoms with Gasteiger partial charge in [0.15, 0.2) is 0 Å². The summed E-state index contributed by atoms with van der Waals surface area (Å²) in [6.07, 6.45) is 1.52. The SMILES string of the molecule is CS(=O)CC(Cl)C#N. The highest BCUT2D eigenvalue weighted by Crippen LogP contribution is 1.93. The maximum atomic E-state index is 10.3. The van der Waals surface area contributed by atoms with Gasteiger partial charge in [0, 0.05) is 17.1 Å². The van der Waals surface area contributed by atoms with Crippen molar-refractivity contribution in [1.82, 2.24) is 0 Å². The lowest BCUT2D eigenvalue weighted by Gasteiger charge is -1.91. The summed E-state index contributed by atoms with van der Waals surface area (Å²) in [6, 6.07) is 1.77. The summed E-state index contributed by atoms with van der Waals surface area (Å²) in [4.78, 5) is 0. The molecule has 0 aromatic carbocycles. The highest BCUT2D eigenvalue weighted by molar-refractivity contribution is 7.84. The third-order valence-electron chi connectivity index (χ3n) is 0.521. The lowest BCUT2D eigenvalue weighted by atomic mass is 10.5. The summed E-state index contributed by atoms with van der Waals surface area (Å²) in [6.45, 7) is 0. The van der Waals surface area contributed by atoms with Gasteiger partial charge in [0.25, 0.3) is 0 Å². The predicted octanol–water partition coefficient (Wildman–Crippen LogP) is 0.496. The van der Waals surface area contributed by atoms with Crippen molar-refractivity contribution < 1.29 is 4.21 Å². The van der Waals surface area contributed by atoms with Gasteiger partial charge in [-0.25, -0.2) is 0 Å². The van der Waals surface area contributed by atoms with Crippen LogP contribution in [0.5, 0.6) is 0 Å². The quantitative estimate of drug-likeness (QED) is 0.540. The van der Waals surface area contributed by atoms with E-state index in [4.69, 9.17) is 16.9 Å². The van der Waals surface area contributed by atoms with Crippen molar-refractivity contribution in [2.75, 3.05) is 12.0 Å². The van der Waals surface area contributed by atoms with E-state index in [9.17, 15) is 4.21 Å². The molecule has 0 radical (unpaired) electrons. The summed E-state index contributed by atoms with van der Waals surface area (Å²) in [5.41, 5.74) is 0. The first-order valence-electron chi connectivity index (χ1n) is 2.00. The van der Waals surface area contributed by atoms with Crippen LogP contribution in [0.3, 0.4) is 0 Å². The smallest absolute Gasteiger partial charge is 0.132 e. The third-order valence-corrected chi connectivity index (χ3v) is 1.76. The molecule has 0 heterocycles. The fourth-order valence-electron chi connectivity index (χ4n) is 0.243. The molecular weight excluding hydrogens is 146 g/mol. The van der Waals surface area contributed by atoms with E-state index in [2.05, 4.69) is 0 Å². The fraction of sp³-hybridized carbons (Fsp3) is 0.750. The first-order chi connectivity index (χ1) is 3.66. The Morgan fingerprint density at radius 2 is 2.50 bits per heavy atom. The molecule has 0 aliphatic heterocycles. The molecule has 0 spiro atoms. The Bertz CT molecular complexity index is 130. The maximum Gasteiger partial charge on any atom is 0.132 e. The van der Waals surface area contributed by atoms with Crippen LogP contribution < -0.4 is 0 Å². The van der Waals surface area contributed by atoms with E-state index in [1.165, 1.54) is 6.26 Å². The average Bonchev–Trinajstić information content (AvgIpc) is 1.65. The van der Waals surface area contributed by atoms with Crippen LogP contribution in [0.25, 0.3) is 0 Å². The Kier molecular flexibility index (Phi) is 3.84. The van der Waals surface area contributed by atoms with Crippen LogP contribution in [0.15, 0.2) is 0 Å². The molecule has 0 bridgehead atoms. The normalized spacial score (nSPS) is 16.6. The molecule has 0 aliphatic rings. The summed E-state index contributed by atoms with van der Waals surface area (Å²) in [5.74, 6) is 0.262. The highest BCUT2D eigenvalue weighted by atomic mass is 35.5. The molecule has 0 fully saturated rings. The Balaban J connectivity index is 3.43. The van der Waals surface area contributed by atoms with Crippen LogP contribution >= 0.6 is 11.6 Å². The minimum Gasteiger partial charge on any atom is -0.260 e. The molecule has 0 N–H and O–H groups in total. The topological polar surface area (TPSA) is 40.9 Å². The number of halogens is 1. The van der Waals surface area contributed by atoms with E-state index in [0.717, 1.165) is 0 Å². The fourth-order valence-corrected chi connectivity index (χ4v) is 1.26. The number of nitriles is 1. The standard InChI is InChI=1S/C4H6ClNOS/c1-8(7)3-4(5)2-6/h4H,3H2,1H3. The van der Waals surface area contributed by atoms with Gasteiger partial charge in [0.1, 0.15) is 5.38 Å². The van der Waals surface area contributed by atoms with E-state index in [1.807, 2.05) is 0 Å². The van der Waals surface area contributed by atoms with E-state index >= 15 is 0 Å². The number of alkyl halides is 1. The van der Waals surface area contributed by atoms with Gasteiger partial charge in [-0.05, 0) is 0 Å². The molecule has 0 aromatic heterocycles. The molecule has 0 aromatic rings. The molecule has 8 heavy (non-hydrogen) atoms. The molecule has 2 nitrogen and oxygen atoms in total. The van der Waals surface area contributed by atoms with E-state index in [-0.39, 0.29) is 5.75 Å². The molecule has 2 unspecified atom stereocenters. The first kappa shape index (κ1) is 7.93. The summed E-state index contributed by atoms with van der Waals surface area (Å²) in [7, 11) is -0.950. The van der Waals surface area contributed by atoms with Crippen LogP contribution in [0, 0.1) is 11.3 Å². The van der Waals surface area contributed by atoms with Crippen molar-refractivity contribution in [3.8, 4) is 6.07 Å². The van der Waals surface area contributed by atoms with Crippen molar-refractivity contribution in [3.63, 3.8) is 0 Å². The number of hydrogen-bond donors (Lipinski definition) is 0. The predicted molar refractivity (Wildman–Crippen MR) is 34.2 cm³/mol. The van der Waals surface area contributed by atoms with Gasteiger partial charge < -0.3 is 0 Å². The van der Waals surface area contributed by atoms with E-state index in [0.29, 0.717) is 0 Å². The first-order valence-corrected chi connectivity index (χ1v) is 4.17. The van der Waals surface area contributed by atoms with Gasteiger partial charge in [0.2, 0.25) is 0 Å². The molecule has 4 heteroatoms. The van der Waals surface area contributed by atoms with Crippen LogP contribution in [-0.2, 0) is 10.8 Å². The zero-order valence-corrected chi connectivity index (χ0v) is 6.00. The van der Waals surface area contributed by atoms with Crippen molar-refractivity contribution >= 4 is 22.4 Å². The van der Waals surface area contributed by atoms with Crippen molar-refractivity contribution in [3.05, 3.63) is 0 Å². The lowest BCUT2D eigenvalue weighted by Crippen LogP contribution is -2.06. The van der Waals surface area contributed by atoms with Crippen LogP contribution in [0.2, 0.25) is 0 Å². The molecule has 46 valence electrons. The van der Waals surface area contributed by atoms with Crippen LogP contribution in [0.4, 0.5) is 0 Å². The number of nitrogens with zero attached hydrogens (tertiary/aromatic N) is 1. The van der Waals surface area contributed by atoms with Gasteiger partial charge in [0.05, 0.1) is 11.8 Å². The Labute approximate surface area is 55.9 Å². The average molecular weight is 152 g/mol. The second kappa shape index (κ2) is 3.88. The highest BCUT2D eigenvalue weighted by Gasteiger charge is 2.02. The number of rotatable bonds is 2. The molecular formula is C4H6ClNOS. The number of hydrogen-bond acceptors (Lipinski definition) is 2. The summed E-state index contributed by atoms with van der Waals surface area (Å²) < 4.78 is 10.3. The van der Waals surface area contributed by atoms with Gasteiger partial charge in [-0.15, -0.1) is 11.6 Å². The zero-order valence-electron chi connectivity index (χ0n) is 4.43. The Hall–Kier alpha value is -0.0700. The third kappa shape index (κ3) is 4.10. The monoisotopic (exact) mass is 151 g/mol. The van der Waals surface area contributed by atoms with Gasteiger partial charge in [-0.2, -0.15) is 5.26 Å². The Morgan fingerprint density at radius 1 is 2.00 bits per heavy atom. The minimum absolute atomic E-state index is 0.262. The molecule has 0 rings (SSSR count). The second-order valence-electron chi connectivity index (χ2n) is 1.34. The second-order valence-corrected chi connectivity index (χ2v) is 3.34. The van der Waals surface area contributed by atoms with Crippen LogP contribution in [-0.4, -0.2) is 21.6 Å². The van der Waals surface area contributed by atoms with Gasteiger partial charge in [-0.1, -0.05) is 0 Å². The van der Waals surface area contributed by atoms with Crippen molar-refractivity contribution in [1.29, 1.82) is 5.26 Å². The van der Waals surface area contributed by atoms with Crippen molar-refractivity contribution in [2.24, 2.45) is 0 Å². The Morgan fingerprint density at radius 3 is 2.62 bits per heavy atom. The van der Waals surface area contributed by atoms with E-state index in [1.54, 1.807) is 6.07 Å². The summed E-state index contributed by atoms with van der Waals surface area (Å²) >= 11 is 5.31. The van der Waals surface area contributed by atoms with Gasteiger partial charge in [-0.3, -0.25) is 4.21 Å². The molecule has 0 saturated heterocycles. The van der Waals surface area contributed by atoms with Crippen molar-refractivity contribution in [2.45, 2.75) is 5.38 Å². The maximum absolute atomic E-state index is 10.3. The minimum atomic E-state index is -0.950. The molecule has 0 amide bonds. The lowest BCUT2D eigenvalue weighted by molar-refractivity contribution is 0.686.